The van der Waals surface area contributed by atoms with Gasteiger partial charge in [0.1, 0.15) is 0 Å². The van der Waals surface area contributed by atoms with Crippen LogP contribution in [0, 0.1) is 0 Å². The minimum Gasteiger partial charge on any atom is -0.374 e. The van der Waals surface area contributed by atoms with E-state index in [0.29, 0.717) is 34.5 Å². The third kappa shape index (κ3) is 4.62. The maximum Gasteiger partial charge on any atom is 0.255 e. The van der Waals surface area contributed by atoms with Crippen molar-refractivity contribution in [1.82, 2.24) is 10.1 Å². The van der Waals surface area contributed by atoms with E-state index in [1.165, 1.54) is 0 Å². The molecule has 0 fully saturated rings. The third-order valence-electron chi connectivity index (χ3n) is 4.21. The Hall–Kier alpha value is -3.64. The minimum atomic E-state index is -0.178. The number of para-hydroxylation sites is 2. The second-order valence-corrected chi connectivity index (χ2v) is 6.67. The number of hydrogen-bond acceptors (Lipinski definition) is 5. The predicted octanol–water partition coefficient (Wildman–Crippen LogP) is 5.25. The van der Waals surface area contributed by atoms with Crippen LogP contribution in [0.1, 0.15) is 16.2 Å². The van der Waals surface area contributed by atoms with Gasteiger partial charge in [-0.15, -0.1) is 0 Å². The van der Waals surface area contributed by atoms with E-state index in [4.69, 9.17) is 16.1 Å². The van der Waals surface area contributed by atoms with E-state index in [-0.39, 0.29) is 5.91 Å². The smallest absolute Gasteiger partial charge is 0.255 e. The quantitative estimate of drug-likeness (QED) is 0.458. The van der Waals surface area contributed by atoms with Crippen LogP contribution in [0.15, 0.2) is 83.4 Å². The summed E-state index contributed by atoms with van der Waals surface area (Å²) in [5, 5.41) is 10.8. The van der Waals surface area contributed by atoms with E-state index in [1.807, 2.05) is 54.6 Å². The van der Waals surface area contributed by atoms with Gasteiger partial charge in [0.05, 0.1) is 17.9 Å². The molecule has 0 saturated heterocycles. The molecule has 29 heavy (non-hydrogen) atoms. The van der Waals surface area contributed by atoms with Crippen LogP contribution in [0.5, 0.6) is 0 Å². The van der Waals surface area contributed by atoms with Crippen molar-refractivity contribution in [2.75, 3.05) is 10.6 Å². The number of halogens is 1. The Morgan fingerprint density at radius 1 is 0.897 bits per heavy atom. The van der Waals surface area contributed by atoms with Gasteiger partial charge in [-0.25, -0.2) is 0 Å². The number of benzene rings is 3. The highest BCUT2D eigenvalue weighted by molar-refractivity contribution is 6.30. The van der Waals surface area contributed by atoms with Crippen molar-refractivity contribution in [3.05, 3.63) is 95.3 Å². The Bertz CT molecular complexity index is 1110. The highest BCUT2D eigenvalue weighted by Crippen LogP contribution is 2.23. The Balaban J connectivity index is 1.44. The van der Waals surface area contributed by atoms with Crippen LogP contribution in [-0.4, -0.2) is 16.0 Å². The summed E-state index contributed by atoms with van der Waals surface area (Å²) in [7, 11) is 0. The summed E-state index contributed by atoms with van der Waals surface area (Å²) < 4.78 is 5.32. The van der Waals surface area contributed by atoms with Crippen molar-refractivity contribution in [2.45, 2.75) is 6.54 Å². The van der Waals surface area contributed by atoms with Crippen molar-refractivity contribution in [1.29, 1.82) is 0 Å². The van der Waals surface area contributed by atoms with Crippen LogP contribution in [0.25, 0.3) is 11.4 Å². The Labute approximate surface area is 172 Å². The largest absolute Gasteiger partial charge is 0.374 e. The Morgan fingerprint density at radius 2 is 1.59 bits per heavy atom. The molecule has 0 radical (unpaired) electrons. The molecule has 0 aliphatic carbocycles. The van der Waals surface area contributed by atoms with E-state index >= 15 is 0 Å². The van der Waals surface area contributed by atoms with Crippen LogP contribution in [0.3, 0.4) is 0 Å². The molecule has 0 unspecified atom stereocenters. The summed E-state index contributed by atoms with van der Waals surface area (Å²) in [6.45, 7) is 0.318. The normalized spacial score (nSPS) is 10.5. The molecule has 0 aliphatic heterocycles. The van der Waals surface area contributed by atoms with Crippen molar-refractivity contribution >= 4 is 28.9 Å². The summed E-state index contributed by atoms with van der Waals surface area (Å²) in [4.78, 5) is 16.8. The molecule has 144 valence electrons. The number of carbonyl (C=O) groups is 1. The van der Waals surface area contributed by atoms with Crippen LogP contribution in [-0.2, 0) is 6.54 Å². The molecule has 2 N–H and O–H groups in total. The SMILES string of the molecule is O=C(Nc1ccccc1NCc1nc(-c2ccc(Cl)cc2)no1)c1ccccc1. The number of nitrogens with one attached hydrogen (secondary N) is 2. The molecule has 0 atom stereocenters. The first kappa shape index (κ1) is 18.7. The molecule has 0 aliphatic rings. The molecule has 0 bridgehead atoms. The molecular formula is C22H17ClN4O2. The summed E-state index contributed by atoms with van der Waals surface area (Å²) in [5.41, 5.74) is 2.83. The minimum absolute atomic E-state index is 0.178. The van der Waals surface area contributed by atoms with Crippen LogP contribution in [0.4, 0.5) is 11.4 Å². The zero-order valence-electron chi connectivity index (χ0n) is 15.3. The average Bonchev–Trinajstić information content (AvgIpc) is 3.23. The maximum atomic E-state index is 12.4. The van der Waals surface area contributed by atoms with Gasteiger partial charge in [0, 0.05) is 16.1 Å². The Morgan fingerprint density at radius 3 is 2.34 bits per heavy atom. The maximum absolute atomic E-state index is 12.4. The summed E-state index contributed by atoms with van der Waals surface area (Å²) in [6, 6.07) is 23.7. The number of hydrogen-bond donors (Lipinski definition) is 2. The van der Waals surface area contributed by atoms with Gasteiger partial charge in [-0.05, 0) is 48.5 Å². The van der Waals surface area contributed by atoms with Crippen LogP contribution < -0.4 is 10.6 Å². The lowest BCUT2D eigenvalue weighted by Crippen LogP contribution is -2.13. The van der Waals surface area contributed by atoms with Gasteiger partial charge in [0.15, 0.2) is 0 Å². The molecule has 4 rings (SSSR count). The molecule has 0 spiro atoms. The zero-order chi connectivity index (χ0) is 20.1. The fourth-order valence-corrected chi connectivity index (χ4v) is 2.87. The van der Waals surface area contributed by atoms with E-state index in [0.717, 1.165) is 11.3 Å². The number of rotatable bonds is 6. The molecule has 1 amide bonds. The van der Waals surface area contributed by atoms with Crippen molar-refractivity contribution < 1.29 is 9.32 Å². The Kier molecular flexibility index (Phi) is 5.54. The first-order valence-electron chi connectivity index (χ1n) is 8.97. The number of nitrogens with zero attached hydrogens (tertiary/aromatic N) is 2. The van der Waals surface area contributed by atoms with Gasteiger partial charge in [-0.3, -0.25) is 4.79 Å². The number of aromatic nitrogens is 2. The van der Waals surface area contributed by atoms with E-state index in [9.17, 15) is 4.79 Å². The second-order valence-electron chi connectivity index (χ2n) is 6.24. The van der Waals surface area contributed by atoms with E-state index in [2.05, 4.69) is 20.8 Å². The lowest BCUT2D eigenvalue weighted by Gasteiger charge is -2.12. The lowest BCUT2D eigenvalue weighted by atomic mass is 10.2. The molecule has 4 aromatic rings. The van der Waals surface area contributed by atoms with E-state index in [1.54, 1.807) is 24.3 Å². The summed E-state index contributed by atoms with van der Waals surface area (Å²) in [6.07, 6.45) is 0. The topological polar surface area (TPSA) is 80.0 Å². The monoisotopic (exact) mass is 404 g/mol. The first-order chi connectivity index (χ1) is 14.2. The van der Waals surface area contributed by atoms with Gasteiger partial charge < -0.3 is 15.2 Å². The van der Waals surface area contributed by atoms with Gasteiger partial charge in [-0.1, -0.05) is 47.1 Å². The molecular weight excluding hydrogens is 388 g/mol. The molecule has 1 aromatic heterocycles. The molecule has 0 saturated carbocycles. The van der Waals surface area contributed by atoms with Gasteiger partial charge in [0.25, 0.3) is 5.91 Å². The summed E-state index contributed by atoms with van der Waals surface area (Å²) >= 11 is 5.91. The zero-order valence-corrected chi connectivity index (χ0v) is 16.1. The predicted molar refractivity (Wildman–Crippen MR) is 113 cm³/mol. The fourth-order valence-electron chi connectivity index (χ4n) is 2.74. The first-order valence-corrected chi connectivity index (χ1v) is 9.35. The average molecular weight is 405 g/mol. The molecule has 3 aromatic carbocycles. The molecule has 1 heterocycles. The highest BCUT2D eigenvalue weighted by Gasteiger charge is 2.11. The lowest BCUT2D eigenvalue weighted by molar-refractivity contribution is 0.102. The van der Waals surface area contributed by atoms with Crippen molar-refractivity contribution in [3.63, 3.8) is 0 Å². The van der Waals surface area contributed by atoms with Crippen molar-refractivity contribution in [2.24, 2.45) is 0 Å². The standard InChI is InChI=1S/C22H17ClN4O2/c23-17-12-10-15(11-13-17)21-26-20(29-27-21)14-24-18-8-4-5-9-19(18)25-22(28)16-6-2-1-3-7-16/h1-13,24H,14H2,(H,25,28). The third-order valence-corrected chi connectivity index (χ3v) is 4.46. The van der Waals surface area contributed by atoms with E-state index < -0.39 is 0 Å². The number of carbonyl (C=O) groups excluding carboxylic acids is 1. The molecule has 7 heteroatoms. The summed E-state index contributed by atoms with van der Waals surface area (Å²) in [5.74, 6) is 0.742. The second kappa shape index (κ2) is 8.58. The van der Waals surface area contributed by atoms with Crippen molar-refractivity contribution in [3.8, 4) is 11.4 Å². The fraction of sp³-hybridized carbons (Fsp3) is 0.0455. The van der Waals surface area contributed by atoms with Gasteiger partial charge >= 0.3 is 0 Å². The van der Waals surface area contributed by atoms with Crippen LogP contribution in [0.2, 0.25) is 5.02 Å². The highest BCUT2D eigenvalue weighted by atomic mass is 35.5. The van der Waals surface area contributed by atoms with Crippen LogP contribution >= 0.6 is 11.6 Å². The molecule has 6 nitrogen and oxygen atoms in total. The van der Waals surface area contributed by atoms with Gasteiger partial charge in [0.2, 0.25) is 11.7 Å². The number of amides is 1. The van der Waals surface area contributed by atoms with Gasteiger partial charge in [-0.2, -0.15) is 4.98 Å². The number of anilines is 2.